The summed E-state index contributed by atoms with van der Waals surface area (Å²) in [6, 6.07) is 50.7. The zero-order valence-corrected chi connectivity index (χ0v) is 28.7. The predicted molar refractivity (Wildman–Crippen MR) is 211 cm³/mol. The van der Waals surface area contributed by atoms with Gasteiger partial charge in [-0.3, -0.25) is 0 Å². The number of benzene rings is 9. The Bertz CT molecular complexity index is 2510. The van der Waals surface area contributed by atoms with Gasteiger partial charge >= 0.3 is 0 Å². The van der Waals surface area contributed by atoms with Crippen LogP contribution in [-0.4, -0.2) is 0 Å². The van der Waals surface area contributed by atoms with Crippen molar-refractivity contribution in [2.45, 2.75) is 52.4 Å². The maximum atomic E-state index is 2.52. The Morgan fingerprint density at radius 2 is 0.688 bits per heavy atom. The van der Waals surface area contributed by atoms with E-state index in [1.54, 1.807) is 0 Å². The Balaban J connectivity index is 1.70. The summed E-state index contributed by atoms with van der Waals surface area (Å²) >= 11 is 0. The van der Waals surface area contributed by atoms with Crippen LogP contribution in [0.25, 0.3) is 86.9 Å². The first-order valence-corrected chi connectivity index (χ1v) is 17.3. The van der Waals surface area contributed by atoms with Crippen molar-refractivity contribution in [2.75, 3.05) is 0 Å². The molecule has 0 saturated carbocycles. The van der Waals surface area contributed by atoms with E-state index in [-0.39, 0.29) is 10.8 Å². The van der Waals surface area contributed by atoms with E-state index in [0.717, 1.165) is 0 Å². The third-order valence-electron chi connectivity index (χ3n) is 10.6. The summed E-state index contributed by atoms with van der Waals surface area (Å²) in [5.41, 5.74) is 7.88. The first kappa shape index (κ1) is 29.0. The van der Waals surface area contributed by atoms with Gasteiger partial charge in [0.15, 0.2) is 0 Å². The van der Waals surface area contributed by atoms with Gasteiger partial charge in [0.1, 0.15) is 0 Å². The van der Waals surface area contributed by atoms with Gasteiger partial charge in [0.2, 0.25) is 0 Å². The van der Waals surface area contributed by atoms with Crippen LogP contribution in [0.4, 0.5) is 0 Å². The van der Waals surface area contributed by atoms with E-state index < -0.39 is 0 Å². The van der Waals surface area contributed by atoms with E-state index in [1.807, 2.05) is 0 Å². The van der Waals surface area contributed by atoms with Crippen molar-refractivity contribution < 1.29 is 0 Å². The normalized spacial score (nSPS) is 12.8. The number of hydrogen-bond acceptors (Lipinski definition) is 0. The molecule has 9 aromatic carbocycles. The molecule has 9 aromatic rings. The van der Waals surface area contributed by atoms with E-state index in [1.165, 1.54) is 98.0 Å². The second-order valence-electron chi connectivity index (χ2n) is 15.8. The third kappa shape index (κ3) is 4.29. The molecule has 0 amide bonds. The number of rotatable bonds is 2. The molecule has 0 fully saturated rings. The summed E-state index contributed by atoms with van der Waals surface area (Å²) in [5.74, 6) is 0. The molecular formula is C48H40. The lowest BCUT2D eigenvalue weighted by Crippen LogP contribution is -2.12. The van der Waals surface area contributed by atoms with Crippen LogP contribution in [0.15, 0.2) is 133 Å². The smallest absolute Gasteiger partial charge is 0.000730 e. The summed E-state index contributed by atoms with van der Waals surface area (Å²) in [4.78, 5) is 0. The van der Waals surface area contributed by atoms with Gasteiger partial charge in [0.05, 0.1) is 0 Å². The number of fused-ring (bicyclic) bond motifs is 5. The van der Waals surface area contributed by atoms with Crippen molar-refractivity contribution in [2.24, 2.45) is 0 Å². The first-order chi connectivity index (χ1) is 23.1. The standard InChI is InChI=1S/C48H40/c1-47(2,3)35-23-33-21-22-34-24-36(48(4,5)6)28-40-44(34)43(33)39(27-35)45-41(29-15-9-7-10-16-29)37-25-31-19-13-14-20-32(31)26-38(37)42(46(40)45)30-17-11-8-12-18-30/h7-28H,1-6H3. The van der Waals surface area contributed by atoms with E-state index in [9.17, 15) is 0 Å². The van der Waals surface area contributed by atoms with E-state index in [2.05, 4.69) is 175 Å². The molecule has 0 aliphatic carbocycles. The summed E-state index contributed by atoms with van der Waals surface area (Å²) < 4.78 is 0. The SMILES string of the molecule is CC(C)(C)c1cc2ccc3cc(C(C)(C)C)cc4c5c(-c6ccccc6)c6cc7ccccc7cc6c(-c6ccccc6)c5c(c1)c2c34. The molecule has 0 heterocycles. The van der Waals surface area contributed by atoms with Gasteiger partial charge in [-0.1, -0.05) is 151 Å². The average Bonchev–Trinajstić information content (AvgIpc) is 3.08. The zero-order chi connectivity index (χ0) is 32.9. The van der Waals surface area contributed by atoms with Crippen LogP contribution in [0.2, 0.25) is 0 Å². The van der Waals surface area contributed by atoms with Gasteiger partial charge in [-0.05, 0) is 133 Å². The Morgan fingerprint density at radius 3 is 1.06 bits per heavy atom. The van der Waals surface area contributed by atoms with Crippen molar-refractivity contribution in [3.05, 3.63) is 145 Å². The second-order valence-corrected chi connectivity index (χ2v) is 15.8. The molecule has 0 nitrogen and oxygen atoms in total. The topological polar surface area (TPSA) is 0 Å². The second kappa shape index (κ2) is 10.1. The predicted octanol–water partition coefficient (Wildman–Crippen LogP) is 14.0. The van der Waals surface area contributed by atoms with E-state index >= 15 is 0 Å². The quantitative estimate of drug-likeness (QED) is 0.134. The minimum absolute atomic E-state index is 0.00159. The van der Waals surface area contributed by atoms with Crippen LogP contribution < -0.4 is 0 Å². The fourth-order valence-corrected chi connectivity index (χ4v) is 8.11. The van der Waals surface area contributed by atoms with Crippen LogP contribution in [0.1, 0.15) is 52.7 Å². The van der Waals surface area contributed by atoms with Crippen LogP contribution in [-0.2, 0) is 10.8 Å². The molecule has 0 N–H and O–H groups in total. The average molecular weight is 617 g/mol. The molecule has 0 aliphatic rings. The van der Waals surface area contributed by atoms with E-state index in [4.69, 9.17) is 0 Å². The van der Waals surface area contributed by atoms with Gasteiger partial charge in [-0.2, -0.15) is 0 Å². The zero-order valence-electron chi connectivity index (χ0n) is 28.7. The Morgan fingerprint density at radius 1 is 0.312 bits per heavy atom. The van der Waals surface area contributed by atoms with Gasteiger partial charge in [-0.25, -0.2) is 0 Å². The van der Waals surface area contributed by atoms with Crippen LogP contribution >= 0.6 is 0 Å². The molecule has 0 saturated heterocycles. The summed E-state index contributed by atoms with van der Waals surface area (Å²) in [7, 11) is 0. The first-order valence-electron chi connectivity index (χ1n) is 17.3. The molecule has 0 radical (unpaired) electrons. The highest BCUT2D eigenvalue weighted by Gasteiger charge is 2.27. The van der Waals surface area contributed by atoms with Gasteiger partial charge < -0.3 is 0 Å². The monoisotopic (exact) mass is 616 g/mol. The van der Waals surface area contributed by atoms with Crippen molar-refractivity contribution >= 4 is 64.6 Å². The van der Waals surface area contributed by atoms with Crippen LogP contribution in [0, 0.1) is 0 Å². The van der Waals surface area contributed by atoms with Crippen molar-refractivity contribution in [3.63, 3.8) is 0 Å². The van der Waals surface area contributed by atoms with Crippen LogP contribution in [0.5, 0.6) is 0 Å². The summed E-state index contributed by atoms with van der Waals surface area (Å²) in [6.07, 6.45) is 0. The van der Waals surface area contributed by atoms with Crippen LogP contribution in [0.3, 0.4) is 0 Å². The highest BCUT2D eigenvalue weighted by atomic mass is 14.3. The Labute approximate surface area is 283 Å². The molecule has 0 heteroatoms. The lowest BCUT2D eigenvalue weighted by Gasteiger charge is -2.27. The third-order valence-corrected chi connectivity index (χ3v) is 10.6. The minimum Gasteiger partial charge on any atom is -0.0622 e. The Kier molecular flexibility index (Phi) is 6.13. The number of hydrogen-bond donors (Lipinski definition) is 0. The fraction of sp³-hybridized carbons (Fsp3) is 0.167. The largest absolute Gasteiger partial charge is 0.0622 e. The van der Waals surface area contributed by atoms with Gasteiger partial charge in [0, 0.05) is 0 Å². The molecule has 0 aliphatic heterocycles. The lowest BCUT2D eigenvalue weighted by molar-refractivity contribution is 0.591. The fourth-order valence-electron chi connectivity index (χ4n) is 8.11. The molecule has 0 aromatic heterocycles. The summed E-state index contributed by atoms with van der Waals surface area (Å²) in [6.45, 7) is 14.0. The highest BCUT2D eigenvalue weighted by Crippen LogP contribution is 2.53. The molecular weight excluding hydrogens is 577 g/mol. The molecule has 0 spiro atoms. The molecule has 48 heavy (non-hydrogen) atoms. The molecule has 0 atom stereocenters. The summed E-state index contributed by atoms with van der Waals surface area (Å²) in [5, 5.41) is 15.9. The highest BCUT2D eigenvalue weighted by molar-refractivity contribution is 6.41. The Hall–Kier alpha value is -5.20. The molecule has 9 rings (SSSR count). The molecule has 0 unspecified atom stereocenters. The lowest BCUT2D eigenvalue weighted by atomic mass is 9.76. The minimum atomic E-state index is -0.00159. The van der Waals surface area contributed by atoms with Crippen molar-refractivity contribution in [3.8, 4) is 22.3 Å². The van der Waals surface area contributed by atoms with Crippen molar-refractivity contribution in [1.29, 1.82) is 0 Å². The maximum absolute atomic E-state index is 2.52. The van der Waals surface area contributed by atoms with E-state index in [0.29, 0.717) is 0 Å². The van der Waals surface area contributed by atoms with Gasteiger partial charge in [0.25, 0.3) is 0 Å². The van der Waals surface area contributed by atoms with Gasteiger partial charge in [-0.15, -0.1) is 0 Å². The molecule has 232 valence electrons. The van der Waals surface area contributed by atoms with Crippen molar-refractivity contribution in [1.82, 2.24) is 0 Å². The molecule has 0 bridgehead atoms. The maximum Gasteiger partial charge on any atom is -0.000730 e.